The number of ketones is 6. The molecular formula is C31H36O8. The van der Waals surface area contributed by atoms with Crippen LogP contribution in [0, 0.1) is 40.4 Å². The molecule has 0 saturated heterocycles. The van der Waals surface area contributed by atoms with E-state index >= 15 is 0 Å². The molecule has 0 aliphatic heterocycles. The van der Waals surface area contributed by atoms with E-state index in [9.17, 15) is 39.0 Å². The highest BCUT2D eigenvalue weighted by atomic mass is 16.3. The molecule has 208 valence electrons. The van der Waals surface area contributed by atoms with E-state index in [0.717, 1.165) is 6.92 Å². The molecule has 2 N–H and O–H groups in total. The van der Waals surface area contributed by atoms with Gasteiger partial charge in [-0.3, -0.25) is 28.8 Å². The molecule has 0 radical (unpaired) electrons. The van der Waals surface area contributed by atoms with Gasteiger partial charge in [0.1, 0.15) is 17.5 Å². The maximum Gasteiger partial charge on any atom is 0.190 e. The van der Waals surface area contributed by atoms with Gasteiger partial charge in [0.15, 0.2) is 34.5 Å². The standard InChI is InChI=1S/C31H36O8/c1-14(2)19(33)10-8-17-9-11-20(34)22-18(17)12-29(6)13-30(7)23(15(3)4)25(35)21(16(5)32)27(37)31(30,39)28(38)24(29)26(22)36/h8-11,14-15,21,23-24,34,39H,12-13H2,1-7H3/b10-8+/t21?,23?,24?,29-,30-,31+/m1/s1. The molecule has 0 heterocycles. The Morgan fingerprint density at radius 2 is 1.64 bits per heavy atom. The van der Waals surface area contributed by atoms with E-state index in [1.165, 1.54) is 19.1 Å². The average molecular weight is 537 g/mol. The van der Waals surface area contributed by atoms with Crippen molar-refractivity contribution in [3.05, 3.63) is 34.9 Å². The molecule has 2 fully saturated rings. The van der Waals surface area contributed by atoms with E-state index in [-0.39, 0.29) is 35.9 Å². The number of Topliss-reactive ketones (excluding diaryl/α,β-unsaturated/α-hetero) is 5. The summed E-state index contributed by atoms with van der Waals surface area (Å²) < 4.78 is 0. The van der Waals surface area contributed by atoms with Crippen LogP contribution in [0.4, 0.5) is 0 Å². The number of allylic oxidation sites excluding steroid dienone is 1. The normalized spacial score (nSPS) is 34.4. The van der Waals surface area contributed by atoms with Gasteiger partial charge < -0.3 is 10.2 Å². The number of hydrogen-bond donors (Lipinski definition) is 2. The molecule has 0 spiro atoms. The summed E-state index contributed by atoms with van der Waals surface area (Å²) in [6, 6.07) is 2.91. The summed E-state index contributed by atoms with van der Waals surface area (Å²) in [5.74, 6) is -9.63. The summed E-state index contributed by atoms with van der Waals surface area (Å²) in [6.45, 7) is 11.4. The second-order valence-electron chi connectivity index (χ2n) is 12.7. The van der Waals surface area contributed by atoms with Crippen LogP contribution in [0.1, 0.15) is 76.4 Å². The Balaban J connectivity index is 1.94. The molecule has 6 atom stereocenters. The van der Waals surface area contributed by atoms with Crippen molar-refractivity contribution in [3.8, 4) is 5.75 Å². The SMILES string of the molecule is CC(=O)C1C(=O)C(C(C)C)[C@@]2(C)C[C@@]3(C)Cc4c(/C=C/C(=O)C(C)C)ccc(O)c4C(=O)C3C(=O)[C@@]2(O)C1=O. The maximum atomic E-state index is 14.2. The second-order valence-corrected chi connectivity index (χ2v) is 12.7. The van der Waals surface area contributed by atoms with Gasteiger partial charge in [-0.25, -0.2) is 0 Å². The van der Waals surface area contributed by atoms with Gasteiger partial charge >= 0.3 is 0 Å². The predicted molar refractivity (Wildman–Crippen MR) is 142 cm³/mol. The highest BCUT2D eigenvalue weighted by Crippen LogP contribution is 2.63. The molecule has 1 aromatic rings. The lowest BCUT2D eigenvalue weighted by atomic mass is 9.40. The van der Waals surface area contributed by atoms with Crippen molar-refractivity contribution in [2.45, 2.75) is 66.9 Å². The van der Waals surface area contributed by atoms with Gasteiger partial charge in [0, 0.05) is 17.3 Å². The monoisotopic (exact) mass is 536 g/mol. The largest absolute Gasteiger partial charge is 0.507 e. The highest BCUT2D eigenvalue weighted by Gasteiger charge is 2.76. The molecule has 0 bridgehead atoms. The zero-order chi connectivity index (χ0) is 29.4. The molecule has 8 heteroatoms. The molecular weight excluding hydrogens is 500 g/mol. The lowest BCUT2D eigenvalue weighted by molar-refractivity contribution is -0.205. The number of carbonyl (C=O) groups excluding carboxylic acids is 6. The fourth-order valence-electron chi connectivity index (χ4n) is 7.68. The zero-order valence-electron chi connectivity index (χ0n) is 23.5. The molecule has 2 saturated carbocycles. The number of benzene rings is 1. The molecule has 0 amide bonds. The molecule has 3 aliphatic rings. The summed E-state index contributed by atoms with van der Waals surface area (Å²) in [5.41, 5.74) is -4.49. The lowest BCUT2D eigenvalue weighted by Crippen LogP contribution is -2.76. The van der Waals surface area contributed by atoms with Crippen molar-refractivity contribution in [2.24, 2.45) is 40.4 Å². The van der Waals surface area contributed by atoms with Crippen LogP contribution in [0.5, 0.6) is 5.75 Å². The lowest BCUT2D eigenvalue weighted by Gasteiger charge is -2.61. The van der Waals surface area contributed by atoms with E-state index in [0.29, 0.717) is 11.1 Å². The molecule has 4 rings (SSSR count). The Morgan fingerprint density at radius 3 is 2.18 bits per heavy atom. The van der Waals surface area contributed by atoms with E-state index < -0.39 is 69.0 Å². The van der Waals surface area contributed by atoms with Crippen molar-refractivity contribution in [3.63, 3.8) is 0 Å². The van der Waals surface area contributed by atoms with Gasteiger partial charge in [0.2, 0.25) is 0 Å². The molecule has 39 heavy (non-hydrogen) atoms. The number of rotatable bonds is 5. The van der Waals surface area contributed by atoms with Gasteiger partial charge in [0.25, 0.3) is 0 Å². The first kappa shape index (κ1) is 28.7. The van der Waals surface area contributed by atoms with Gasteiger partial charge in [-0.05, 0) is 54.4 Å². The summed E-state index contributed by atoms with van der Waals surface area (Å²) in [7, 11) is 0. The topological polar surface area (TPSA) is 143 Å². The number of carbonyl (C=O) groups is 6. The molecule has 3 unspecified atom stereocenters. The average Bonchev–Trinajstić information content (AvgIpc) is 2.80. The Labute approximate surface area is 227 Å². The fourth-order valence-corrected chi connectivity index (χ4v) is 7.68. The summed E-state index contributed by atoms with van der Waals surface area (Å²) in [4.78, 5) is 80.1. The summed E-state index contributed by atoms with van der Waals surface area (Å²) in [5, 5.41) is 22.7. The van der Waals surface area contributed by atoms with E-state index in [1.807, 2.05) is 0 Å². The maximum absolute atomic E-state index is 14.2. The third-order valence-corrected chi connectivity index (χ3v) is 9.30. The van der Waals surface area contributed by atoms with Crippen LogP contribution < -0.4 is 0 Å². The number of aliphatic hydroxyl groups is 1. The van der Waals surface area contributed by atoms with Gasteiger partial charge in [0.05, 0.1) is 11.5 Å². The van der Waals surface area contributed by atoms with Gasteiger partial charge in [-0.2, -0.15) is 0 Å². The van der Waals surface area contributed by atoms with Crippen LogP contribution in [-0.2, 0) is 30.4 Å². The number of phenolic OH excluding ortho intramolecular Hbond substituents is 1. The third kappa shape index (κ3) is 3.82. The smallest absolute Gasteiger partial charge is 0.190 e. The van der Waals surface area contributed by atoms with E-state index in [2.05, 4.69) is 0 Å². The zero-order valence-corrected chi connectivity index (χ0v) is 23.5. The molecule has 0 aromatic heterocycles. The van der Waals surface area contributed by atoms with Crippen molar-refractivity contribution < 1.29 is 39.0 Å². The van der Waals surface area contributed by atoms with Crippen molar-refractivity contribution in [2.75, 3.05) is 0 Å². The van der Waals surface area contributed by atoms with E-state index in [4.69, 9.17) is 0 Å². The van der Waals surface area contributed by atoms with Gasteiger partial charge in [-0.1, -0.05) is 53.7 Å². The van der Waals surface area contributed by atoms with Crippen LogP contribution in [0.3, 0.4) is 0 Å². The summed E-state index contributed by atoms with van der Waals surface area (Å²) >= 11 is 0. The number of aromatic hydroxyl groups is 1. The van der Waals surface area contributed by atoms with Crippen LogP contribution >= 0.6 is 0 Å². The van der Waals surface area contributed by atoms with Crippen LogP contribution in [0.25, 0.3) is 6.08 Å². The van der Waals surface area contributed by atoms with Crippen molar-refractivity contribution >= 4 is 40.8 Å². The number of fused-ring (bicyclic) bond motifs is 3. The minimum atomic E-state index is -2.72. The van der Waals surface area contributed by atoms with Crippen molar-refractivity contribution in [1.82, 2.24) is 0 Å². The summed E-state index contributed by atoms with van der Waals surface area (Å²) in [6.07, 6.45) is 3.11. The van der Waals surface area contributed by atoms with Crippen LogP contribution in [0.2, 0.25) is 0 Å². The number of phenols is 1. The minimum absolute atomic E-state index is 0.0211. The van der Waals surface area contributed by atoms with E-state index in [1.54, 1.807) is 46.8 Å². The first-order chi connectivity index (χ1) is 17.9. The quantitative estimate of drug-likeness (QED) is 0.431. The number of hydrogen-bond acceptors (Lipinski definition) is 8. The second kappa shape index (κ2) is 9.15. The molecule has 8 nitrogen and oxygen atoms in total. The Bertz CT molecular complexity index is 1370. The van der Waals surface area contributed by atoms with Gasteiger partial charge in [-0.15, -0.1) is 0 Å². The van der Waals surface area contributed by atoms with Crippen LogP contribution in [-0.4, -0.2) is 50.5 Å². The Hall–Kier alpha value is -3.26. The van der Waals surface area contributed by atoms with Crippen molar-refractivity contribution in [1.29, 1.82) is 0 Å². The van der Waals surface area contributed by atoms with Crippen LogP contribution in [0.15, 0.2) is 18.2 Å². The first-order valence-corrected chi connectivity index (χ1v) is 13.4. The highest BCUT2D eigenvalue weighted by molar-refractivity contribution is 6.32. The minimum Gasteiger partial charge on any atom is -0.507 e. The molecule has 1 aromatic carbocycles. The predicted octanol–water partition coefficient (Wildman–Crippen LogP) is 3.33. The Kier molecular flexibility index (Phi) is 6.74. The first-order valence-electron chi connectivity index (χ1n) is 13.4. The fraction of sp³-hybridized carbons (Fsp3) is 0.548. The third-order valence-electron chi connectivity index (χ3n) is 9.30. The Morgan fingerprint density at radius 1 is 1.03 bits per heavy atom. The molecule has 3 aliphatic carbocycles.